The molecule has 96 valence electrons. The van der Waals surface area contributed by atoms with Gasteiger partial charge in [0.15, 0.2) is 0 Å². The van der Waals surface area contributed by atoms with E-state index in [2.05, 4.69) is 15.9 Å². The quantitative estimate of drug-likeness (QED) is 0.864. The topological polar surface area (TPSA) is 66.8 Å². The number of ether oxygens (including phenoxy) is 1. The molecule has 0 fully saturated rings. The molecular formula is C12H12BrNO4. The van der Waals surface area contributed by atoms with E-state index >= 15 is 0 Å². The van der Waals surface area contributed by atoms with Crippen molar-refractivity contribution in [2.24, 2.45) is 0 Å². The largest absolute Gasteiger partial charge is 0.495 e. The fourth-order valence-corrected chi connectivity index (χ4v) is 1.65. The number of carbonyl (C=O) groups excluding carboxylic acids is 1. The van der Waals surface area contributed by atoms with E-state index in [4.69, 9.17) is 9.84 Å². The summed E-state index contributed by atoms with van der Waals surface area (Å²) in [6.45, 7) is 0. The summed E-state index contributed by atoms with van der Waals surface area (Å²) in [5, 5.41) is 8.47. The van der Waals surface area contributed by atoms with Gasteiger partial charge >= 0.3 is 5.97 Å². The van der Waals surface area contributed by atoms with Crippen molar-refractivity contribution in [2.45, 2.75) is 0 Å². The molecule has 0 aliphatic carbocycles. The molecule has 0 bridgehead atoms. The average molecular weight is 314 g/mol. The van der Waals surface area contributed by atoms with Gasteiger partial charge in [0, 0.05) is 23.7 Å². The Bertz CT molecular complexity index is 499. The molecule has 6 heteroatoms. The van der Waals surface area contributed by atoms with E-state index in [1.807, 2.05) is 0 Å². The SMILES string of the molecule is COc1ccc(Br)cc1N(C)C(=O)/C=C/C(=O)O. The third kappa shape index (κ3) is 3.59. The van der Waals surface area contributed by atoms with Crippen molar-refractivity contribution < 1.29 is 19.4 Å². The number of methoxy groups -OCH3 is 1. The highest BCUT2D eigenvalue weighted by Gasteiger charge is 2.13. The number of aliphatic carboxylic acids is 1. The second kappa shape index (κ2) is 6.20. The summed E-state index contributed by atoms with van der Waals surface area (Å²) in [7, 11) is 3.04. The Labute approximate surface area is 113 Å². The van der Waals surface area contributed by atoms with Crippen molar-refractivity contribution >= 4 is 33.5 Å². The molecule has 0 heterocycles. The lowest BCUT2D eigenvalue weighted by molar-refractivity contribution is -0.131. The average Bonchev–Trinajstić information content (AvgIpc) is 2.34. The van der Waals surface area contributed by atoms with E-state index in [0.717, 1.165) is 16.6 Å². The normalized spacial score (nSPS) is 10.4. The molecule has 0 saturated carbocycles. The molecule has 1 aromatic rings. The zero-order chi connectivity index (χ0) is 13.7. The maximum absolute atomic E-state index is 11.7. The maximum atomic E-state index is 11.7. The fraction of sp³-hybridized carbons (Fsp3) is 0.167. The molecule has 1 amide bonds. The number of carboxylic acids is 1. The lowest BCUT2D eigenvalue weighted by Gasteiger charge is -2.18. The second-order valence-electron chi connectivity index (χ2n) is 3.38. The van der Waals surface area contributed by atoms with Gasteiger partial charge < -0.3 is 14.7 Å². The molecule has 1 rings (SSSR count). The standard InChI is InChI=1S/C12H12BrNO4/c1-14(11(15)5-6-12(16)17)9-7-8(13)3-4-10(9)18-2/h3-7H,1-2H3,(H,16,17)/b6-5+. The van der Waals surface area contributed by atoms with Crippen LogP contribution in [0.5, 0.6) is 5.75 Å². The highest BCUT2D eigenvalue weighted by Crippen LogP contribution is 2.30. The van der Waals surface area contributed by atoms with Gasteiger partial charge in [-0.3, -0.25) is 4.79 Å². The smallest absolute Gasteiger partial charge is 0.328 e. The first kappa shape index (κ1) is 14.2. The van der Waals surface area contributed by atoms with Gasteiger partial charge in [0.05, 0.1) is 12.8 Å². The first-order chi connectivity index (χ1) is 8.45. The summed E-state index contributed by atoms with van der Waals surface area (Å²) in [6.07, 6.45) is 1.78. The molecule has 0 saturated heterocycles. The van der Waals surface area contributed by atoms with Crippen LogP contribution in [0.2, 0.25) is 0 Å². The van der Waals surface area contributed by atoms with Crippen LogP contribution in [0.15, 0.2) is 34.8 Å². The summed E-state index contributed by atoms with van der Waals surface area (Å²) < 4.78 is 5.93. The summed E-state index contributed by atoms with van der Waals surface area (Å²) in [6, 6.07) is 5.21. The molecule has 0 atom stereocenters. The van der Waals surface area contributed by atoms with Gasteiger partial charge in [-0.05, 0) is 18.2 Å². The Morgan fingerprint density at radius 2 is 2.06 bits per heavy atom. The van der Waals surface area contributed by atoms with E-state index in [0.29, 0.717) is 11.4 Å². The first-order valence-corrected chi connectivity index (χ1v) is 5.77. The Hall–Kier alpha value is -1.82. The molecular weight excluding hydrogens is 302 g/mol. The first-order valence-electron chi connectivity index (χ1n) is 4.98. The minimum atomic E-state index is -1.17. The van der Waals surface area contributed by atoms with Gasteiger partial charge in [0.1, 0.15) is 5.75 Å². The molecule has 1 N–H and O–H groups in total. The van der Waals surface area contributed by atoms with E-state index in [9.17, 15) is 9.59 Å². The van der Waals surface area contributed by atoms with Gasteiger partial charge in [-0.25, -0.2) is 4.79 Å². The number of rotatable bonds is 4. The molecule has 0 spiro atoms. The number of halogens is 1. The molecule has 18 heavy (non-hydrogen) atoms. The van der Waals surface area contributed by atoms with Crippen LogP contribution < -0.4 is 9.64 Å². The molecule has 0 radical (unpaired) electrons. The van der Waals surface area contributed by atoms with Gasteiger partial charge in [0.2, 0.25) is 0 Å². The monoisotopic (exact) mass is 313 g/mol. The van der Waals surface area contributed by atoms with Gasteiger partial charge in [0.25, 0.3) is 5.91 Å². The summed E-state index contributed by atoms with van der Waals surface area (Å²) in [4.78, 5) is 23.4. The lowest BCUT2D eigenvalue weighted by Crippen LogP contribution is -2.24. The van der Waals surface area contributed by atoms with Gasteiger partial charge in [-0.1, -0.05) is 15.9 Å². The van der Waals surface area contributed by atoms with E-state index in [1.54, 1.807) is 25.2 Å². The number of benzene rings is 1. The minimum absolute atomic E-state index is 0.450. The summed E-state index contributed by atoms with van der Waals surface area (Å²) >= 11 is 3.30. The van der Waals surface area contributed by atoms with Crippen molar-refractivity contribution in [3.05, 3.63) is 34.8 Å². The van der Waals surface area contributed by atoms with E-state index in [-0.39, 0.29) is 0 Å². The number of likely N-dealkylation sites (N-methyl/N-ethyl adjacent to an activating group) is 1. The molecule has 0 unspecified atom stereocenters. The number of carboxylic acid groups (broad SMARTS) is 1. The molecule has 1 aromatic carbocycles. The Morgan fingerprint density at radius 1 is 1.39 bits per heavy atom. The van der Waals surface area contributed by atoms with Crippen molar-refractivity contribution in [1.29, 1.82) is 0 Å². The number of nitrogens with zero attached hydrogens (tertiary/aromatic N) is 1. The van der Waals surface area contributed by atoms with Gasteiger partial charge in [-0.15, -0.1) is 0 Å². The number of carbonyl (C=O) groups is 2. The molecule has 0 aromatic heterocycles. The zero-order valence-corrected chi connectivity index (χ0v) is 11.5. The predicted octanol–water partition coefficient (Wildman–Crippen LogP) is 2.06. The van der Waals surface area contributed by atoms with Crippen LogP contribution in [0, 0.1) is 0 Å². The predicted molar refractivity (Wildman–Crippen MR) is 70.9 cm³/mol. The lowest BCUT2D eigenvalue weighted by atomic mass is 10.2. The molecule has 0 aliphatic rings. The minimum Gasteiger partial charge on any atom is -0.495 e. The van der Waals surface area contributed by atoms with Crippen molar-refractivity contribution in [1.82, 2.24) is 0 Å². The van der Waals surface area contributed by atoms with E-state index in [1.165, 1.54) is 12.0 Å². The van der Waals surface area contributed by atoms with Crippen LogP contribution in [0.3, 0.4) is 0 Å². The van der Waals surface area contributed by atoms with Crippen molar-refractivity contribution in [3.63, 3.8) is 0 Å². The molecule has 0 aliphatic heterocycles. The summed E-state index contributed by atoms with van der Waals surface area (Å²) in [5.74, 6) is -1.09. The van der Waals surface area contributed by atoms with Crippen LogP contribution in [0.25, 0.3) is 0 Å². The van der Waals surface area contributed by atoms with Gasteiger partial charge in [-0.2, -0.15) is 0 Å². The highest BCUT2D eigenvalue weighted by atomic mass is 79.9. The van der Waals surface area contributed by atoms with Crippen LogP contribution in [-0.4, -0.2) is 31.1 Å². The van der Waals surface area contributed by atoms with Crippen LogP contribution in [0.4, 0.5) is 5.69 Å². The Balaban J connectivity index is 3.02. The number of amides is 1. The van der Waals surface area contributed by atoms with E-state index < -0.39 is 11.9 Å². The second-order valence-corrected chi connectivity index (χ2v) is 4.30. The third-order valence-electron chi connectivity index (χ3n) is 2.20. The maximum Gasteiger partial charge on any atom is 0.328 e. The number of hydrogen-bond donors (Lipinski definition) is 1. The van der Waals surface area contributed by atoms with Crippen LogP contribution in [0.1, 0.15) is 0 Å². The van der Waals surface area contributed by atoms with Crippen LogP contribution in [-0.2, 0) is 9.59 Å². The Morgan fingerprint density at radius 3 is 2.61 bits per heavy atom. The zero-order valence-electron chi connectivity index (χ0n) is 9.88. The number of anilines is 1. The fourth-order valence-electron chi connectivity index (χ4n) is 1.30. The van der Waals surface area contributed by atoms with Crippen molar-refractivity contribution in [2.75, 3.05) is 19.1 Å². The third-order valence-corrected chi connectivity index (χ3v) is 2.69. The Kier molecular flexibility index (Phi) is 4.91. The highest BCUT2D eigenvalue weighted by molar-refractivity contribution is 9.10. The summed E-state index contributed by atoms with van der Waals surface area (Å²) in [5.41, 5.74) is 0.548. The van der Waals surface area contributed by atoms with Crippen molar-refractivity contribution in [3.8, 4) is 5.75 Å². The van der Waals surface area contributed by atoms with Crippen LogP contribution >= 0.6 is 15.9 Å². The molecule has 5 nitrogen and oxygen atoms in total. The number of hydrogen-bond acceptors (Lipinski definition) is 3.